The number of imidazole rings is 1. The van der Waals surface area contributed by atoms with E-state index in [2.05, 4.69) is 15.0 Å². The number of rotatable bonds is 1. The Labute approximate surface area is 99.2 Å². The highest BCUT2D eigenvalue weighted by atomic mass is 32.1. The summed E-state index contributed by atoms with van der Waals surface area (Å²) < 4.78 is 26.1. The van der Waals surface area contributed by atoms with Crippen molar-refractivity contribution in [1.82, 2.24) is 15.0 Å². The number of thiazole rings is 1. The molecule has 1 aromatic carbocycles. The number of aromatic nitrogens is 3. The lowest BCUT2D eigenvalue weighted by Gasteiger charge is -1.90. The SMILES string of the molecule is Cc1ncsc1-c1nc2cc(F)c(F)cc2[nH]1. The average Bonchev–Trinajstić information content (AvgIpc) is 2.85. The molecule has 0 aliphatic rings. The quantitative estimate of drug-likeness (QED) is 0.721. The van der Waals surface area contributed by atoms with Crippen LogP contribution in [0.25, 0.3) is 21.7 Å². The summed E-state index contributed by atoms with van der Waals surface area (Å²) in [7, 11) is 0. The number of benzene rings is 1. The Bertz CT molecular complexity index is 663. The zero-order valence-corrected chi connectivity index (χ0v) is 9.61. The van der Waals surface area contributed by atoms with Crippen LogP contribution in [0, 0.1) is 18.6 Å². The molecule has 1 N–H and O–H groups in total. The highest BCUT2D eigenvalue weighted by Gasteiger charge is 2.12. The Kier molecular flexibility index (Phi) is 2.19. The minimum atomic E-state index is -0.892. The molecule has 2 aromatic heterocycles. The second-order valence-corrected chi connectivity index (χ2v) is 4.49. The fourth-order valence-corrected chi connectivity index (χ4v) is 2.39. The third kappa shape index (κ3) is 1.61. The summed E-state index contributed by atoms with van der Waals surface area (Å²) >= 11 is 1.43. The molecule has 86 valence electrons. The molecule has 3 aromatic rings. The Balaban J connectivity index is 2.24. The molecule has 0 saturated carbocycles. The van der Waals surface area contributed by atoms with Crippen LogP contribution in [0.3, 0.4) is 0 Å². The molecule has 3 rings (SSSR count). The molecule has 0 bridgehead atoms. The van der Waals surface area contributed by atoms with E-state index in [-0.39, 0.29) is 0 Å². The fourth-order valence-electron chi connectivity index (χ4n) is 1.64. The molecule has 3 nitrogen and oxygen atoms in total. The van der Waals surface area contributed by atoms with Crippen LogP contribution in [0.4, 0.5) is 8.78 Å². The largest absolute Gasteiger partial charge is 0.337 e. The molecule has 0 aliphatic carbocycles. The molecule has 0 unspecified atom stereocenters. The molecule has 0 fully saturated rings. The van der Waals surface area contributed by atoms with E-state index in [9.17, 15) is 8.78 Å². The van der Waals surface area contributed by atoms with E-state index in [1.54, 1.807) is 5.51 Å². The number of aromatic amines is 1. The number of H-pyrrole nitrogens is 1. The summed E-state index contributed by atoms with van der Waals surface area (Å²) in [6.45, 7) is 1.86. The van der Waals surface area contributed by atoms with E-state index < -0.39 is 11.6 Å². The van der Waals surface area contributed by atoms with Crippen molar-refractivity contribution < 1.29 is 8.78 Å². The highest BCUT2D eigenvalue weighted by molar-refractivity contribution is 7.13. The fraction of sp³-hybridized carbons (Fsp3) is 0.0909. The second-order valence-electron chi connectivity index (χ2n) is 3.64. The van der Waals surface area contributed by atoms with E-state index in [1.165, 1.54) is 11.3 Å². The van der Waals surface area contributed by atoms with Gasteiger partial charge in [-0.1, -0.05) is 0 Å². The van der Waals surface area contributed by atoms with Crippen LogP contribution in [0.5, 0.6) is 0 Å². The van der Waals surface area contributed by atoms with Crippen molar-refractivity contribution in [2.24, 2.45) is 0 Å². The van der Waals surface area contributed by atoms with Crippen molar-refractivity contribution >= 4 is 22.4 Å². The zero-order valence-electron chi connectivity index (χ0n) is 8.79. The summed E-state index contributed by atoms with van der Waals surface area (Å²) in [5.41, 5.74) is 3.44. The summed E-state index contributed by atoms with van der Waals surface area (Å²) in [6.07, 6.45) is 0. The molecule has 0 aliphatic heterocycles. The minimum absolute atomic E-state index is 0.409. The van der Waals surface area contributed by atoms with Crippen molar-refractivity contribution in [2.45, 2.75) is 6.92 Å². The lowest BCUT2D eigenvalue weighted by atomic mass is 10.3. The van der Waals surface area contributed by atoms with E-state index in [0.717, 1.165) is 22.7 Å². The van der Waals surface area contributed by atoms with Crippen molar-refractivity contribution in [2.75, 3.05) is 0 Å². The molecule has 0 atom stereocenters. The van der Waals surface area contributed by atoms with Gasteiger partial charge in [-0.25, -0.2) is 18.7 Å². The number of hydrogen-bond donors (Lipinski definition) is 1. The molecule has 0 amide bonds. The summed E-state index contributed by atoms with van der Waals surface area (Å²) in [4.78, 5) is 12.2. The van der Waals surface area contributed by atoms with Gasteiger partial charge < -0.3 is 4.98 Å². The van der Waals surface area contributed by atoms with Crippen molar-refractivity contribution in [3.8, 4) is 10.7 Å². The summed E-state index contributed by atoms with van der Waals surface area (Å²) in [5.74, 6) is -1.18. The molecular formula is C11H7F2N3S. The van der Waals surface area contributed by atoms with Gasteiger partial charge in [-0.15, -0.1) is 11.3 Å². The molecule has 0 radical (unpaired) electrons. The van der Waals surface area contributed by atoms with Gasteiger partial charge in [0, 0.05) is 12.1 Å². The Morgan fingerprint density at radius 3 is 2.71 bits per heavy atom. The van der Waals surface area contributed by atoms with Gasteiger partial charge in [0.1, 0.15) is 0 Å². The van der Waals surface area contributed by atoms with Crippen LogP contribution in [0.2, 0.25) is 0 Å². The van der Waals surface area contributed by atoms with Crippen LogP contribution in [0.15, 0.2) is 17.6 Å². The van der Waals surface area contributed by atoms with Crippen LogP contribution >= 0.6 is 11.3 Å². The number of halogens is 2. The third-order valence-corrected chi connectivity index (χ3v) is 3.42. The lowest BCUT2D eigenvalue weighted by Crippen LogP contribution is -1.82. The monoisotopic (exact) mass is 251 g/mol. The molecular weight excluding hydrogens is 244 g/mol. The maximum Gasteiger partial charge on any atom is 0.161 e. The summed E-state index contributed by atoms with van der Waals surface area (Å²) in [5, 5.41) is 0. The first kappa shape index (κ1) is 10.3. The van der Waals surface area contributed by atoms with E-state index >= 15 is 0 Å². The van der Waals surface area contributed by atoms with E-state index in [1.807, 2.05) is 6.92 Å². The Morgan fingerprint density at radius 1 is 1.24 bits per heavy atom. The first-order valence-electron chi connectivity index (χ1n) is 4.90. The predicted molar refractivity (Wildman–Crippen MR) is 61.9 cm³/mol. The van der Waals surface area contributed by atoms with E-state index in [0.29, 0.717) is 16.9 Å². The number of fused-ring (bicyclic) bond motifs is 1. The standard InChI is InChI=1S/C11H7F2N3S/c1-5-10(17-4-14-5)11-15-8-2-6(12)7(13)3-9(8)16-11/h2-4H,1H3,(H,15,16). The van der Waals surface area contributed by atoms with Crippen molar-refractivity contribution in [3.05, 3.63) is 35.0 Å². The van der Waals surface area contributed by atoms with Gasteiger partial charge in [0.15, 0.2) is 17.5 Å². The van der Waals surface area contributed by atoms with Crippen molar-refractivity contribution in [3.63, 3.8) is 0 Å². The van der Waals surface area contributed by atoms with E-state index in [4.69, 9.17) is 0 Å². The maximum absolute atomic E-state index is 13.0. The number of aryl methyl sites for hydroxylation is 1. The van der Waals surface area contributed by atoms with Gasteiger partial charge >= 0.3 is 0 Å². The zero-order chi connectivity index (χ0) is 12.0. The number of nitrogens with one attached hydrogen (secondary N) is 1. The van der Waals surface area contributed by atoms with Gasteiger partial charge in [0.05, 0.1) is 27.1 Å². The van der Waals surface area contributed by atoms with Crippen molar-refractivity contribution in [1.29, 1.82) is 0 Å². The molecule has 2 heterocycles. The smallest absolute Gasteiger partial charge is 0.161 e. The van der Waals surface area contributed by atoms with Crippen LogP contribution in [-0.2, 0) is 0 Å². The minimum Gasteiger partial charge on any atom is -0.337 e. The topological polar surface area (TPSA) is 41.6 Å². The number of hydrogen-bond acceptors (Lipinski definition) is 3. The Hall–Kier alpha value is -1.82. The molecule has 17 heavy (non-hydrogen) atoms. The second kappa shape index (κ2) is 3.59. The molecule has 0 saturated heterocycles. The third-order valence-electron chi connectivity index (χ3n) is 2.48. The maximum atomic E-state index is 13.0. The Morgan fingerprint density at radius 2 is 2.00 bits per heavy atom. The van der Waals surface area contributed by atoms with Crippen LogP contribution < -0.4 is 0 Å². The van der Waals surface area contributed by atoms with Gasteiger partial charge in [-0.05, 0) is 6.92 Å². The van der Waals surface area contributed by atoms with Crippen LogP contribution in [-0.4, -0.2) is 15.0 Å². The normalized spacial score (nSPS) is 11.2. The average molecular weight is 251 g/mol. The predicted octanol–water partition coefficient (Wildman–Crippen LogP) is 3.27. The molecule has 6 heteroatoms. The lowest BCUT2D eigenvalue weighted by molar-refractivity contribution is 0.510. The highest BCUT2D eigenvalue weighted by Crippen LogP contribution is 2.27. The molecule has 0 spiro atoms. The van der Waals surface area contributed by atoms with Gasteiger partial charge in [0.25, 0.3) is 0 Å². The van der Waals surface area contributed by atoms with Gasteiger partial charge in [0.2, 0.25) is 0 Å². The van der Waals surface area contributed by atoms with Gasteiger partial charge in [-0.3, -0.25) is 0 Å². The van der Waals surface area contributed by atoms with Crippen LogP contribution in [0.1, 0.15) is 5.69 Å². The first-order chi connectivity index (χ1) is 8.15. The number of nitrogens with zero attached hydrogens (tertiary/aromatic N) is 2. The van der Waals surface area contributed by atoms with Gasteiger partial charge in [-0.2, -0.15) is 0 Å². The first-order valence-corrected chi connectivity index (χ1v) is 5.78. The summed E-state index contributed by atoms with van der Waals surface area (Å²) in [6, 6.07) is 2.19.